The number of methoxy groups -OCH3 is 1. The van der Waals surface area contributed by atoms with Crippen LogP contribution >= 0.6 is 0 Å². The summed E-state index contributed by atoms with van der Waals surface area (Å²) >= 11 is 0. The molecule has 0 saturated carbocycles. The lowest BCUT2D eigenvalue weighted by atomic mass is 9.96. The minimum absolute atomic E-state index is 0.0946. The molecule has 2 aromatic rings. The summed E-state index contributed by atoms with van der Waals surface area (Å²) in [5.74, 6) is 2.43. The highest BCUT2D eigenvalue weighted by Crippen LogP contribution is 2.34. The van der Waals surface area contributed by atoms with Gasteiger partial charge in [-0.15, -0.1) is 0 Å². The summed E-state index contributed by atoms with van der Waals surface area (Å²) in [5.41, 5.74) is 1.69. The van der Waals surface area contributed by atoms with Crippen LogP contribution in [0.15, 0.2) is 42.5 Å². The van der Waals surface area contributed by atoms with Gasteiger partial charge in [-0.05, 0) is 55.8 Å². The maximum atomic E-state index is 13.0. The molecule has 2 aliphatic heterocycles. The smallest absolute Gasteiger partial charge is 0.241 e. The molecule has 0 radical (unpaired) electrons. The predicted molar refractivity (Wildman–Crippen MR) is 102 cm³/mol. The summed E-state index contributed by atoms with van der Waals surface area (Å²) in [5, 5.41) is 0. The van der Waals surface area contributed by atoms with E-state index in [1.807, 2.05) is 47.4 Å². The largest absolute Gasteiger partial charge is 0.497 e. The van der Waals surface area contributed by atoms with Crippen LogP contribution in [0, 0.1) is 0 Å². The van der Waals surface area contributed by atoms with Crippen LogP contribution in [0.25, 0.3) is 0 Å². The zero-order valence-electron chi connectivity index (χ0n) is 15.9. The van der Waals surface area contributed by atoms with Crippen molar-refractivity contribution in [2.75, 3.05) is 31.9 Å². The average molecular weight is 368 g/mol. The summed E-state index contributed by atoms with van der Waals surface area (Å²) in [6.07, 6.45) is 0. The summed E-state index contributed by atoms with van der Waals surface area (Å²) in [6, 6.07) is 13.6. The van der Waals surface area contributed by atoms with Crippen LogP contribution in [-0.2, 0) is 11.3 Å². The molecule has 0 unspecified atom stereocenters. The highest BCUT2D eigenvalue weighted by molar-refractivity contribution is 5.97. The second-order valence-electron chi connectivity index (χ2n) is 7.57. The van der Waals surface area contributed by atoms with Gasteiger partial charge in [0.1, 0.15) is 5.75 Å². The van der Waals surface area contributed by atoms with Crippen molar-refractivity contribution in [3.05, 3.63) is 48.0 Å². The number of carbonyl (C=O) groups excluding carboxylic acids is 1. The van der Waals surface area contributed by atoms with E-state index in [1.165, 1.54) is 0 Å². The van der Waals surface area contributed by atoms with Gasteiger partial charge in [0.15, 0.2) is 11.5 Å². The van der Waals surface area contributed by atoms with E-state index in [0.717, 1.165) is 35.0 Å². The zero-order chi connectivity index (χ0) is 19.0. The van der Waals surface area contributed by atoms with Crippen molar-refractivity contribution < 1.29 is 19.0 Å². The normalized spacial score (nSPS) is 18.6. The van der Waals surface area contributed by atoms with Crippen LogP contribution in [0.1, 0.15) is 19.4 Å². The summed E-state index contributed by atoms with van der Waals surface area (Å²) in [4.78, 5) is 17.0. The molecular formula is C21H24N2O4. The van der Waals surface area contributed by atoms with Crippen LogP contribution in [0.3, 0.4) is 0 Å². The lowest BCUT2D eigenvalue weighted by Gasteiger charge is -2.46. The molecular weight excluding hydrogens is 344 g/mol. The first-order valence-electron chi connectivity index (χ1n) is 9.04. The molecule has 2 aromatic carbocycles. The Morgan fingerprint density at radius 3 is 2.52 bits per heavy atom. The summed E-state index contributed by atoms with van der Waals surface area (Å²) in [7, 11) is 1.64. The Morgan fingerprint density at radius 2 is 1.81 bits per heavy atom. The Kier molecular flexibility index (Phi) is 4.44. The number of rotatable bonds is 4. The van der Waals surface area contributed by atoms with Crippen LogP contribution in [-0.4, -0.2) is 43.3 Å². The van der Waals surface area contributed by atoms with Crippen molar-refractivity contribution >= 4 is 11.6 Å². The Labute approximate surface area is 159 Å². The minimum Gasteiger partial charge on any atom is -0.497 e. The summed E-state index contributed by atoms with van der Waals surface area (Å²) < 4.78 is 16.0. The number of hydrogen-bond donors (Lipinski definition) is 0. The molecule has 0 spiro atoms. The molecule has 6 nitrogen and oxygen atoms in total. The van der Waals surface area contributed by atoms with Gasteiger partial charge in [0.05, 0.1) is 19.2 Å². The number of ether oxygens (including phenoxy) is 3. The van der Waals surface area contributed by atoms with E-state index in [-0.39, 0.29) is 18.2 Å². The number of nitrogens with zero attached hydrogens (tertiary/aromatic N) is 2. The Morgan fingerprint density at radius 1 is 1.07 bits per heavy atom. The first-order valence-corrected chi connectivity index (χ1v) is 9.04. The monoisotopic (exact) mass is 368 g/mol. The third-order valence-corrected chi connectivity index (χ3v) is 5.00. The Balaban J connectivity index is 1.50. The maximum Gasteiger partial charge on any atom is 0.241 e. The predicted octanol–water partition coefficient (Wildman–Crippen LogP) is 3.05. The van der Waals surface area contributed by atoms with Crippen LogP contribution in [0.5, 0.6) is 17.2 Å². The molecule has 0 aromatic heterocycles. The lowest BCUT2D eigenvalue weighted by molar-refractivity contribution is -0.123. The Bertz CT molecular complexity index is 848. The van der Waals surface area contributed by atoms with E-state index < -0.39 is 0 Å². The highest BCUT2D eigenvalue weighted by atomic mass is 16.7. The fourth-order valence-corrected chi connectivity index (χ4v) is 3.91. The third kappa shape index (κ3) is 3.45. The standard InChI is InChI=1S/C21H24N2O4/c1-21(2)13-22(11-15-4-9-18-19(10-15)27-14-26-18)12-20(24)23(21)16-5-7-17(25-3)8-6-16/h4-10H,11-14H2,1-3H3. The van der Waals surface area contributed by atoms with Gasteiger partial charge in [-0.3, -0.25) is 9.69 Å². The van der Waals surface area contributed by atoms with Gasteiger partial charge in [-0.25, -0.2) is 0 Å². The van der Waals surface area contributed by atoms with Gasteiger partial charge in [0.25, 0.3) is 0 Å². The van der Waals surface area contributed by atoms with E-state index in [1.54, 1.807) is 7.11 Å². The number of hydrogen-bond acceptors (Lipinski definition) is 5. The molecule has 2 aliphatic rings. The number of amides is 1. The molecule has 1 fully saturated rings. The van der Waals surface area contributed by atoms with Gasteiger partial charge >= 0.3 is 0 Å². The van der Waals surface area contributed by atoms with Gasteiger partial charge in [0.2, 0.25) is 12.7 Å². The van der Waals surface area contributed by atoms with Crippen LogP contribution in [0.2, 0.25) is 0 Å². The second kappa shape index (κ2) is 6.78. The van der Waals surface area contributed by atoms with Crippen molar-refractivity contribution in [1.82, 2.24) is 4.90 Å². The van der Waals surface area contributed by atoms with E-state index >= 15 is 0 Å². The van der Waals surface area contributed by atoms with E-state index in [0.29, 0.717) is 13.1 Å². The van der Waals surface area contributed by atoms with Crippen molar-refractivity contribution in [1.29, 1.82) is 0 Å². The fraction of sp³-hybridized carbons (Fsp3) is 0.381. The quantitative estimate of drug-likeness (QED) is 0.830. The molecule has 0 bridgehead atoms. The number of piperazine rings is 1. The number of fused-ring (bicyclic) bond motifs is 1. The van der Waals surface area contributed by atoms with E-state index in [9.17, 15) is 4.79 Å². The topological polar surface area (TPSA) is 51.2 Å². The molecule has 0 N–H and O–H groups in total. The van der Waals surface area contributed by atoms with Crippen molar-refractivity contribution in [3.8, 4) is 17.2 Å². The molecule has 6 heteroatoms. The Hall–Kier alpha value is -2.73. The second-order valence-corrected chi connectivity index (χ2v) is 7.57. The SMILES string of the molecule is COc1ccc(N2C(=O)CN(Cc3ccc4c(c3)OCO4)CC2(C)C)cc1. The van der Waals surface area contributed by atoms with Crippen molar-refractivity contribution in [2.24, 2.45) is 0 Å². The highest BCUT2D eigenvalue weighted by Gasteiger charge is 2.39. The minimum atomic E-state index is -0.319. The third-order valence-electron chi connectivity index (χ3n) is 5.00. The van der Waals surface area contributed by atoms with Crippen LogP contribution < -0.4 is 19.1 Å². The zero-order valence-corrected chi connectivity index (χ0v) is 15.9. The van der Waals surface area contributed by atoms with E-state index in [2.05, 4.69) is 18.7 Å². The molecule has 1 amide bonds. The van der Waals surface area contributed by atoms with Gasteiger partial charge in [-0.1, -0.05) is 6.07 Å². The molecule has 4 rings (SSSR count). The maximum absolute atomic E-state index is 13.0. The number of benzene rings is 2. The number of anilines is 1. The average Bonchev–Trinajstić information content (AvgIpc) is 3.09. The van der Waals surface area contributed by atoms with Crippen LogP contribution in [0.4, 0.5) is 5.69 Å². The van der Waals surface area contributed by atoms with E-state index in [4.69, 9.17) is 14.2 Å². The van der Waals surface area contributed by atoms with Gasteiger partial charge in [0, 0.05) is 18.8 Å². The molecule has 142 valence electrons. The molecule has 0 aliphatic carbocycles. The van der Waals surface area contributed by atoms with Gasteiger partial charge < -0.3 is 19.1 Å². The first kappa shape index (κ1) is 17.7. The molecule has 0 atom stereocenters. The van der Waals surface area contributed by atoms with Crippen molar-refractivity contribution in [2.45, 2.75) is 25.9 Å². The van der Waals surface area contributed by atoms with Crippen molar-refractivity contribution in [3.63, 3.8) is 0 Å². The lowest BCUT2D eigenvalue weighted by Crippen LogP contribution is -2.62. The first-order chi connectivity index (χ1) is 13.0. The van der Waals surface area contributed by atoms with Gasteiger partial charge in [-0.2, -0.15) is 0 Å². The molecule has 2 heterocycles. The number of carbonyl (C=O) groups is 1. The fourth-order valence-electron chi connectivity index (χ4n) is 3.91. The molecule has 27 heavy (non-hydrogen) atoms. The summed E-state index contributed by atoms with van der Waals surface area (Å²) in [6.45, 7) is 6.32. The molecule has 1 saturated heterocycles.